The second-order valence-corrected chi connectivity index (χ2v) is 13.5. The largest absolute Gasteiger partial charge is 0.256 e. The van der Waals surface area contributed by atoms with Gasteiger partial charge in [0.15, 0.2) is 0 Å². The van der Waals surface area contributed by atoms with Crippen molar-refractivity contribution in [3.05, 3.63) is 194 Å². The number of benzene rings is 7. The molecular weight excluding hydrogens is 657 g/mol. The lowest BCUT2D eigenvalue weighted by molar-refractivity contribution is 1.29. The van der Waals surface area contributed by atoms with Gasteiger partial charge in [0.1, 0.15) is 0 Å². The molecule has 10 aromatic rings. The molecule has 10 rings (SSSR count). The van der Waals surface area contributed by atoms with Crippen molar-refractivity contribution in [1.82, 2.24) is 19.9 Å². The van der Waals surface area contributed by atoms with Crippen molar-refractivity contribution < 1.29 is 0 Å². The third-order valence-corrected chi connectivity index (χ3v) is 10.2. The minimum absolute atomic E-state index is 0.818. The molecule has 0 atom stereocenters. The summed E-state index contributed by atoms with van der Waals surface area (Å²) in [6.45, 7) is 0. The first-order chi connectivity index (χ1) is 26.7. The van der Waals surface area contributed by atoms with Gasteiger partial charge in [0.2, 0.25) is 0 Å². The lowest BCUT2D eigenvalue weighted by atomic mass is 9.94. The Bertz CT molecular complexity index is 2750. The molecule has 0 amide bonds. The number of fused-ring (bicyclic) bond motifs is 3. The molecule has 0 N–H and O–H groups in total. The van der Waals surface area contributed by atoms with E-state index in [0.29, 0.717) is 0 Å². The second kappa shape index (κ2) is 13.4. The van der Waals surface area contributed by atoms with E-state index in [0.717, 1.165) is 78.3 Å². The van der Waals surface area contributed by atoms with Gasteiger partial charge < -0.3 is 0 Å². The third kappa shape index (κ3) is 5.76. The zero-order chi connectivity index (χ0) is 35.8. The van der Waals surface area contributed by atoms with Crippen LogP contribution >= 0.6 is 0 Å². The van der Waals surface area contributed by atoms with E-state index in [1.54, 1.807) is 0 Å². The normalized spacial score (nSPS) is 11.3. The van der Waals surface area contributed by atoms with Crippen LogP contribution in [0.3, 0.4) is 0 Å². The summed E-state index contributed by atoms with van der Waals surface area (Å²) in [5, 5.41) is 4.78. The van der Waals surface area contributed by atoms with Crippen molar-refractivity contribution in [1.29, 1.82) is 0 Å². The highest BCUT2D eigenvalue weighted by Gasteiger charge is 2.20. The molecular formula is C50H32N4. The lowest BCUT2D eigenvalue weighted by Gasteiger charge is -2.17. The van der Waals surface area contributed by atoms with Crippen molar-refractivity contribution in [2.45, 2.75) is 0 Å². The molecule has 3 heterocycles. The fourth-order valence-corrected chi connectivity index (χ4v) is 7.38. The first-order valence-corrected chi connectivity index (χ1v) is 18.1. The van der Waals surface area contributed by atoms with E-state index in [2.05, 4.69) is 156 Å². The minimum Gasteiger partial charge on any atom is -0.256 e. The summed E-state index contributed by atoms with van der Waals surface area (Å²) < 4.78 is 0. The summed E-state index contributed by atoms with van der Waals surface area (Å²) in [5.41, 5.74) is 13.5. The van der Waals surface area contributed by atoms with E-state index in [1.165, 1.54) is 21.5 Å². The molecule has 0 saturated carbocycles. The molecule has 0 aliphatic heterocycles. The van der Waals surface area contributed by atoms with Gasteiger partial charge in [0.05, 0.1) is 33.8 Å². The van der Waals surface area contributed by atoms with E-state index >= 15 is 0 Å². The number of rotatable bonds is 6. The Labute approximate surface area is 313 Å². The number of nitrogens with zero attached hydrogens (tertiary/aromatic N) is 4. The third-order valence-electron chi connectivity index (χ3n) is 10.2. The molecule has 0 fully saturated rings. The van der Waals surface area contributed by atoms with Gasteiger partial charge in [-0.2, -0.15) is 0 Å². The van der Waals surface area contributed by atoms with Crippen LogP contribution in [0.2, 0.25) is 0 Å². The highest BCUT2D eigenvalue weighted by Crippen LogP contribution is 2.40. The first kappa shape index (κ1) is 31.4. The van der Waals surface area contributed by atoms with Crippen LogP contribution in [0, 0.1) is 0 Å². The van der Waals surface area contributed by atoms with Crippen LogP contribution in [-0.2, 0) is 0 Å². The highest BCUT2D eigenvalue weighted by molar-refractivity contribution is 6.05. The van der Waals surface area contributed by atoms with Crippen LogP contribution in [0.25, 0.3) is 99.9 Å². The maximum Gasteiger partial charge on any atom is 0.0979 e. The van der Waals surface area contributed by atoms with Crippen molar-refractivity contribution in [2.75, 3.05) is 0 Å². The molecule has 4 heteroatoms. The number of aromatic nitrogens is 4. The van der Waals surface area contributed by atoms with E-state index in [4.69, 9.17) is 9.97 Å². The topological polar surface area (TPSA) is 51.6 Å². The monoisotopic (exact) mass is 688 g/mol. The molecule has 3 aromatic heterocycles. The van der Waals surface area contributed by atoms with Gasteiger partial charge in [-0.1, -0.05) is 146 Å². The fraction of sp³-hybridized carbons (Fsp3) is 0. The van der Waals surface area contributed by atoms with Crippen LogP contribution in [0.15, 0.2) is 194 Å². The Balaban J connectivity index is 1.23. The molecule has 0 aliphatic carbocycles. The summed E-state index contributed by atoms with van der Waals surface area (Å²) in [6.07, 6.45) is 3.65. The molecule has 0 radical (unpaired) electrons. The fourth-order valence-electron chi connectivity index (χ4n) is 7.38. The van der Waals surface area contributed by atoms with Crippen molar-refractivity contribution >= 4 is 32.6 Å². The molecule has 0 bridgehead atoms. The Morgan fingerprint density at radius 1 is 0.278 bits per heavy atom. The molecule has 252 valence electrons. The summed E-state index contributed by atoms with van der Waals surface area (Å²) in [5.74, 6) is 0. The van der Waals surface area contributed by atoms with Gasteiger partial charge in [0.25, 0.3) is 0 Å². The summed E-state index contributed by atoms with van der Waals surface area (Å²) in [4.78, 5) is 20.4. The predicted molar refractivity (Wildman–Crippen MR) is 223 cm³/mol. The average Bonchev–Trinajstić information content (AvgIpc) is 3.26. The predicted octanol–water partition coefficient (Wildman–Crippen LogP) is 12.7. The standard InChI is InChI=1S/C50H32N4/c1-3-11-39-31-41(25-15-33(39)9-1)43-27-28-44(42-26-16-34-10-2-4-12-40(34)32-42)50-49(43)53-47(37-21-17-35(18-22-37)45-13-5-7-29-51-45)48(54-50)38-23-19-36(20-24-38)46-14-6-8-30-52-46/h1-32H. The van der Waals surface area contributed by atoms with Crippen LogP contribution in [0.4, 0.5) is 0 Å². The van der Waals surface area contributed by atoms with Crippen LogP contribution in [-0.4, -0.2) is 19.9 Å². The van der Waals surface area contributed by atoms with Gasteiger partial charge >= 0.3 is 0 Å². The van der Waals surface area contributed by atoms with Crippen molar-refractivity contribution in [3.8, 4) is 67.3 Å². The summed E-state index contributed by atoms with van der Waals surface area (Å²) >= 11 is 0. The van der Waals surface area contributed by atoms with E-state index in [1.807, 2.05) is 48.8 Å². The SMILES string of the molecule is c1ccc(-c2ccc(-c3nc4c(-c5ccc6ccccc6c5)ccc(-c5ccc6ccccc6c5)c4nc3-c3ccc(-c4ccccn4)cc3)cc2)nc1. The van der Waals surface area contributed by atoms with Crippen LogP contribution in [0.1, 0.15) is 0 Å². The maximum atomic E-state index is 5.62. The maximum absolute atomic E-state index is 5.62. The molecule has 4 nitrogen and oxygen atoms in total. The lowest BCUT2D eigenvalue weighted by Crippen LogP contribution is -1.99. The van der Waals surface area contributed by atoms with Gasteiger partial charge in [-0.15, -0.1) is 0 Å². The smallest absolute Gasteiger partial charge is 0.0979 e. The molecule has 0 spiro atoms. The minimum atomic E-state index is 0.818. The van der Waals surface area contributed by atoms with Gasteiger partial charge in [-0.3, -0.25) is 9.97 Å². The number of pyridine rings is 2. The highest BCUT2D eigenvalue weighted by atomic mass is 14.8. The Morgan fingerprint density at radius 2 is 0.648 bits per heavy atom. The van der Waals surface area contributed by atoms with E-state index < -0.39 is 0 Å². The zero-order valence-corrected chi connectivity index (χ0v) is 29.3. The van der Waals surface area contributed by atoms with Gasteiger partial charge in [-0.25, -0.2) is 9.97 Å². The van der Waals surface area contributed by atoms with Crippen molar-refractivity contribution in [2.24, 2.45) is 0 Å². The summed E-state index contributed by atoms with van der Waals surface area (Å²) in [6, 6.07) is 63.6. The zero-order valence-electron chi connectivity index (χ0n) is 29.3. The van der Waals surface area contributed by atoms with Gasteiger partial charge in [-0.05, 0) is 69.1 Å². The Kier molecular flexibility index (Phi) is 7.77. The Morgan fingerprint density at radius 3 is 1.06 bits per heavy atom. The number of hydrogen-bond donors (Lipinski definition) is 0. The molecule has 0 aliphatic rings. The first-order valence-electron chi connectivity index (χ1n) is 18.1. The summed E-state index contributed by atoms with van der Waals surface area (Å²) in [7, 11) is 0. The van der Waals surface area contributed by atoms with Crippen LogP contribution < -0.4 is 0 Å². The Hall–Kier alpha value is -7.30. The van der Waals surface area contributed by atoms with Crippen molar-refractivity contribution in [3.63, 3.8) is 0 Å². The average molecular weight is 689 g/mol. The quantitative estimate of drug-likeness (QED) is 0.174. The van der Waals surface area contributed by atoms with Gasteiger partial charge in [0, 0.05) is 45.8 Å². The molecule has 54 heavy (non-hydrogen) atoms. The molecule has 0 saturated heterocycles. The number of hydrogen-bond acceptors (Lipinski definition) is 4. The molecule has 0 unspecified atom stereocenters. The second-order valence-electron chi connectivity index (χ2n) is 13.5. The van der Waals surface area contributed by atoms with Crippen LogP contribution in [0.5, 0.6) is 0 Å². The van der Waals surface area contributed by atoms with E-state index in [9.17, 15) is 0 Å². The van der Waals surface area contributed by atoms with E-state index in [-0.39, 0.29) is 0 Å². The molecule has 7 aromatic carbocycles.